The van der Waals surface area contributed by atoms with Gasteiger partial charge in [0.05, 0.1) is 17.8 Å². The van der Waals surface area contributed by atoms with E-state index in [0.29, 0.717) is 18.1 Å². The molecule has 2 aromatic heterocycles. The maximum atomic E-state index is 12.7. The van der Waals surface area contributed by atoms with Crippen molar-refractivity contribution < 1.29 is 4.79 Å². The van der Waals surface area contributed by atoms with Crippen LogP contribution in [0.5, 0.6) is 0 Å². The number of aromatic amines is 1. The second-order valence-corrected chi connectivity index (χ2v) is 8.35. The molecule has 1 amide bonds. The fourth-order valence-electron chi connectivity index (χ4n) is 4.19. The second-order valence-electron chi connectivity index (χ2n) is 7.97. The molecule has 0 unspecified atom stereocenters. The van der Waals surface area contributed by atoms with E-state index in [2.05, 4.69) is 38.5 Å². The van der Waals surface area contributed by atoms with Crippen molar-refractivity contribution in [3.8, 4) is 0 Å². The Bertz CT molecular complexity index is 1090. The van der Waals surface area contributed by atoms with Crippen molar-refractivity contribution >= 4 is 28.9 Å². The SMILES string of the molecule is Cc1cc([C@H]2[C@@H](c3ccccn3)NC(=S)N2CCC(=O)Nc2ccccc2C)c(C)[nH]1. The fraction of sp³-hybridized carbons (Fsp3) is 0.292. The summed E-state index contributed by atoms with van der Waals surface area (Å²) in [6.07, 6.45) is 2.13. The van der Waals surface area contributed by atoms with Gasteiger partial charge < -0.3 is 20.5 Å². The molecule has 1 aliphatic heterocycles. The number of nitrogens with zero attached hydrogens (tertiary/aromatic N) is 2. The first kappa shape index (κ1) is 21.1. The molecule has 3 N–H and O–H groups in total. The zero-order valence-electron chi connectivity index (χ0n) is 18.0. The van der Waals surface area contributed by atoms with Gasteiger partial charge in [0.2, 0.25) is 5.91 Å². The molecule has 0 radical (unpaired) electrons. The van der Waals surface area contributed by atoms with E-state index in [1.165, 1.54) is 5.56 Å². The van der Waals surface area contributed by atoms with Gasteiger partial charge in [0.25, 0.3) is 0 Å². The molecule has 7 heteroatoms. The number of pyridine rings is 1. The number of amides is 1. The largest absolute Gasteiger partial charge is 0.362 e. The molecule has 0 bridgehead atoms. The van der Waals surface area contributed by atoms with Gasteiger partial charge in [-0.05, 0) is 68.4 Å². The van der Waals surface area contributed by atoms with Crippen molar-refractivity contribution in [2.75, 3.05) is 11.9 Å². The quantitative estimate of drug-likeness (QED) is 0.505. The summed E-state index contributed by atoms with van der Waals surface area (Å²) < 4.78 is 0. The number of H-pyrrole nitrogens is 1. The standard InChI is InChI=1S/C24H27N5OS/c1-15-8-4-5-9-19(15)27-21(30)11-13-29-23(18-14-16(2)26-17(18)3)22(28-24(29)31)20-10-6-7-12-25-20/h4-10,12,14,22-23,26H,11,13H2,1-3H3,(H,27,30)(H,28,31)/t22-,23+/m1/s1. The van der Waals surface area contributed by atoms with Crippen LogP contribution in [0.15, 0.2) is 54.7 Å². The summed E-state index contributed by atoms with van der Waals surface area (Å²) in [5.74, 6) is -0.0286. The van der Waals surface area contributed by atoms with Gasteiger partial charge in [-0.3, -0.25) is 9.78 Å². The minimum Gasteiger partial charge on any atom is -0.362 e. The van der Waals surface area contributed by atoms with Crippen molar-refractivity contribution in [2.45, 2.75) is 39.3 Å². The third kappa shape index (κ3) is 4.46. The molecule has 0 aliphatic carbocycles. The molecular weight excluding hydrogens is 406 g/mol. The molecule has 2 atom stereocenters. The fourth-order valence-corrected chi connectivity index (χ4v) is 4.52. The van der Waals surface area contributed by atoms with Gasteiger partial charge in [-0.2, -0.15) is 0 Å². The van der Waals surface area contributed by atoms with Crippen LogP contribution in [0, 0.1) is 20.8 Å². The monoisotopic (exact) mass is 433 g/mol. The Morgan fingerprint density at radius 1 is 1.16 bits per heavy atom. The second kappa shape index (κ2) is 8.89. The average molecular weight is 434 g/mol. The van der Waals surface area contributed by atoms with Crippen molar-refractivity contribution in [2.24, 2.45) is 0 Å². The molecule has 1 aliphatic rings. The predicted octanol–water partition coefficient (Wildman–Crippen LogP) is 4.34. The summed E-state index contributed by atoms with van der Waals surface area (Å²) in [5.41, 5.74) is 6.18. The lowest BCUT2D eigenvalue weighted by Crippen LogP contribution is -2.32. The Morgan fingerprint density at radius 3 is 2.61 bits per heavy atom. The lowest BCUT2D eigenvalue weighted by Gasteiger charge is -2.27. The van der Waals surface area contributed by atoms with Crippen LogP contribution in [0.25, 0.3) is 0 Å². The summed E-state index contributed by atoms with van der Waals surface area (Å²) >= 11 is 5.69. The van der Waals surface area contributed by atoms with Crippen molar-refractivity contribution in [1.82, 2.24) is 20.2 Å². The zero-order valence-corrected chi connectivity index (χ0v) is 18.8. The maximum Gasteiger partial charge on any atom is 0.226 e. The topological polar surface area (TPSA) is 73.1 Å². The van der Waals surface area contributed by atoms with Crippen LogP contribution >= 0.6 is 12.2 Å². The van der Waals surface area contributed by atoms with Crippen molar-refractivity contribution in [3.63, 3.8) is 0 Å². The van der Waals surface area contributed by atoms with Crippen molar-refractivity contribution in [3.05, 3.63) is 82.9 Å². The van der Waals surface area contributed by atoms with Crippen LogP contribution in [0.3, 0.4) is 0 Å². The molecule has 0 spiro atoms. The number of anilines is 1. The summed E-state index contributed by atoms with van der Waals surface area (Å²) in [6, 6.07) is 15.7. The predicted molar refractivity (Wildman–Crippen MR) is 127 cm³/mol. The third-order valence-corrected chi connectivity index (χ3v) is 6.06. The molecule has 1 saturated heterocycles. The zero-order chi connectivity index (χ0) is 22.0. The molecule has 1 aromatic carbocycles. The lowest BCUT2D eigenvalue weighted by atomic mass is 9.96. The Hall–Kier alpha value is -3.19. The van der Waals surface area contributed by atoms with E-state index in [4.69, 9.17) is 12.2 Å². The smallest absolute Gasteiger partial charge is 0.226 e. The number of aryl methyl sites for hydroxylation is 3. The van der Waals surface area contributed by atoms with Gasteiger partial charge >= 0.3 is 0 Å². The van der Waals surface area contributed by atoms with E-state index in [1.54, 1.807) is 6.20 Å². The molecule has 0 saturated carbocycles. The molecular formula is C24H27N5OS. The molecule has 4 rings (SSSR count). The first-order valence-corrected chi connectivity index (χ1v) is 10.8. The molecule has 3 aromatic rings. The minimum absolute atomic E-state index is 0.0286. The van der Waals surface area contributed by atoms with E-state index in [1.807, 2.05) is 56.3 Å². The van der Waals surface area contributed by atoms with E-state index < -0.39 is 0 Å². The number of carbonyl (C=O) groups excluding carboxylic acids is 1. The Kier molecular flexibility index (Phi) is 6.04. The average Bonchev–Trinajstić information content (AvgIpc) is 3.26. The summed E-state index contributed by atoms with van der Waals surface area (Å²) in [5, 5.41) is 7.09. The van der Waals surface area contributed by atoms with Crippen LogP contribution < -0.4 is 10.6 Å². The van der Waals surface area contributed by atoms with Crippen LogP contribution in [-0.4, -0.2) is 32.4 Å². The molecule has 6 nitrogen and oxygen atoms in total. The van der Waals surface area contributed by atoms with Gasteiger partial charge in [-0.1, -0.05) is 24.3 Å². The highest BCUT2D eigenvalue weighted by Crippen LogP contribution is 2.40. The minimum atomic E-state index is -0.0815. The van der Waals surface area contributed by atoms with Crippen molar-refractivity contribution in [1.29, 1.82) is 0 Å². The van der Waals surface area contributed by atoms with E-state index in [0.717, 1.165) is 28.3 Å². The van der Waals surface area contributed by atoms with E-state index in [9.17, 15) is 4.79 Å². The van der Waals surface area contributed by atoms with Gasteiger partial charge in [0, 0.05) is 36.2 Å². The number of nitrogens with one attached hydrogen (secondary N) is 3. The number of thiocarbonyl (C=S) groups is 1. The Balaban J connectivity index is 1.56. The number of rotatable bonds is 6. The summed E-state index contributed by atoms with van der Waals surface area (Å²) in [7, 11) is 0. The van der Waals surface area contributed by atoms with Crippen LogP contribution in [0.4, 0.5) is 5.69 Å². The van der Waals surface area contributed by atoms with Crippen LogP contribution in [0.1, 0.15) is 46.7 Å². The van der Waals surface area contributed by atoms with E-state index in [-0.39, 0.29) is 18.0 Å². The first-order valence-electron chi connectivity index (χ1n) is 10.4. The number of hydrogen-bond donors (Lipinski definition) is 3. The normalized spacial score (nSPS) is 18.2. The summed E-state index contributed by atoms with van der Waals surface area (Å²) in [6.45, 7) is 6.62. The highest BCUT2D eigenvalue weighted by Gasteiger charge is 2.40. The molecule has 3 heterocycles. The molecule has 31 heavy (non-hydrogen) atoms. The summed E-state index contributed by atoms with van der Waals surface area (Å²) in [4.78, 5) is 22.7. The van der Waals surface area contributed by atoms with Gasteiger partial charge in [-0.15, -0.1) is 0 Å². The Morgan fingerprint density at radius 2 is 1.94 bits per heavy atom. The molecule has 160 valence electrons. The number of para-hydroxylation sites is 1. The van der Waals surface area contributed by atoms with Gasteiger partial charge in [-0.25, -0.2) is 0 Å². The number of benzene rings is 1. The van der Waals surface area contributed by atoms with Gasteiger partial charge in [0.1, 0.15) is 0 Å². The Labute approximate surface area is 188 Å². The maximum absolute atomic E-state index is 12.7. The number of carbonyl (C=O) groups is 1. The van der Waals surface area contributed by atoms with E-state index >= 15 is 0 Å². The number of aromatic nitrogens is 2. The highest BCUT2D eigenvalue weighted by molar-refractivity contribution is 7.80. The molecule has 1 fully saturated rings. The lowest BCUT2D eigenvalue weighted by molar-refractivity contribution is -0.116. The van der Waals surface area contributed by atoms with Crippen LogP contribution in [-0.2, 0) is 4.79 Å². The third-order valence-electron chi connectivity index (χ3n) is 5.71. The van der Waals surface area contributed by atoms with Gasteiger partial charge in [0.15, 0.2) is 5.11 Å². The van der Waals surface area contributed by atoms with Crippen LogP contribution in [0.2, 0.25) is 0 Å². The first-order chi connectivity index (χ1) is 14.9. The number of hydrogen-bond acceptors (Lipinski definition) is 3. The highest BCUT2D eigenvalue weighted by atomic mass is 32.1.